The minimum Gasteiger partial charge on any atom is -0.451 e. The number of amides is 9. The van der Waals surface area contributed by atoms with Gasteiger partial charge in [-0.2, -0.15) is 0 Å². The molecule has 3 N–H and O–H groups in total. The maximum Gasteiger partial charge on any atom is 0.329 e. The Kier molecular flexibility index (Phi) is 27.7. The van der Waals surface area contributed by atoms with Crippen LogP contribution in [0.2, 0.25) is 0 Å². The van der Waals surface area contributed by atoms with E-state index in [9.17, 15) is 38.7 Å². The summed E-state index contributed by atoms with van der Waals surface area (Å²) in [6.45, 7) is 21.2. The highest BCUT2D eigenvalue weighted by Crippen LogP contribution is 2.29. The summed E-state index contributed by atoms with van der Waals surface area (Å²) < 4.78 is 6.22. The minimum atomic E-state index is -1.49. The second-order valence-corrected chi connectivity index (χ2v) is 26.0. The number of rotatable bonds is 15. The standard InChI is InChI=1S/C62H107N9O12/c1-16-23-50-62(82)83-51(34-30-41(8)9)60(80)69-35-20-17-24-46(69)54(74)64-44(31-27-38(2)3)56(76)66(13)47(33-29-40(6)7)57(77)68(15)52(43(11)72)61(81)71-37-22-19-26-49(71)58(78)65(12)45(32-28-39(4)5)53(73)63-42(10)55(75)70-36-21-18-25-48(70)59(79)67(50)14/h38-52,72H,16-37H2,1-15H3,(H,63,73)(H,64,74)/t42-,43+,44-,45-,46-,47-,48-,49-,50-,51+,52-/m0/s1. The number of nitrogens with zero attached hydrogens (tertiary/aromatic N) is 7. The number of fused-ring (bicyclic) bond motifs is 3. The number of hydrogen-bond acceptors (Lipinski definition) is 12. The number of carbonyl (C=O) groups excluding carboxylic acids is 10. The van der Waals surface area contributed by atoms with Gasteiger partial charge in [0, 0.05) is 47.8 Å². The highest BCUT2D eigenvalue weighted by Gasteiger charge is 2.47. The quantitative estimate of drug-likeness (QED) is 0.177. The topological polar surface area (TPSA) is 247 Å². The van der Waals surface area contributed by atoms with E-state index in [1.165, 1.54) is 71.4 Å². The summed E-state index contributed by atoms with van der Waals surface area (Å²) in [7, 11) is 5.91. The molecule has 4 saturated heterocycles. The number of carbonyl (C=O) groups is 10. The molecule has 0 unspecified atom stereocenters. The van der Waals surface area contributed by atoms with E-state index in [1.54, 1.807) is 0 Å². The fourth-order valence-electron chi connectivity index (χ4n) is 12.3. The van der Waals surface area contributed by atoms with E-state index in [2.05, 4.69) is 10.6 Å². The van der Waals surface area contributed by atoms with Gasteiger partial charge in [-0.25, -0.2) is 4.79 Å². The lowest BCUT2D eigenvalue weighted by molar-refractivity contribution is -0.170. The van der Waals surface area contributed by atoms with E-state index in [0.29, 0.717) is 77.0 Å². The van der Waals surface area contributed by atoms with Crippen molar-refractivity contribution in [1.29, 1.82) is 0 Å². The van der Waals surface area contributed by atoms with Crippen molar-refractivity contribution in [3.05, 3.63) is 0 Å². The highest BCUT2D eigenvalue weighted by atomic mass is 16.6. The van der Waals surface area contributed by atoms with Gasteiger partial charge in [-0.15, -0.1) is 0 Å². The molecule has 0 saturated carbocycles. The summed E-state index contributed by atoms with van der Waals surface area (Å²) >= 11 is 0. The van der Waals surface area contributed by atoms with Crippen LogP contribution in [-0.2, 0) is 52.7 Å². The summed E-state index contributed by atoms with van der Waals surface area (Å²) in [5.74, 6) is -5.47. The maximum absolute atomic E-state index is 15.1. The third-order valence-electron chi connectivity index (χ3n) is 17.5. The van der Waals surface area contributed by atoms with E-state index in [4.69, 9.17) is 4.74 Å². The maximum atomic E-state index is 15.1. The molecule has 4 heterocycles. The van der Waals surface area contributed by atoms with Gasteiger partial charge in [0.2, 0.25) is 47.3 Å². The largest absolute Gasteiger partial charge is 0.451 e. The SMILES string of the molecule is CCC[C@H]1C(=O)O[C@H](CCC(C)C)C(=O)N2CCCC[C@H]2C(=O)N[C@@H](CCC(C)C)C(=O)N(C)[C@@H](CCC(C)C)C(=O)N(C)[C@@H]([C@@H](C)O)C(=O)N2CCCC[C@H]2C(=O)N(C)[C@@H](CCC(C)C)C(=O)N[C@@H](C)C(=O)N2CCCC[C@H]2C(=O)N1C. The average molecular weight is 1170 g/mol. The van der Waals surface area contributed by atoms with Crippen molar-refractivity contribution < 1.29 is 57.8 Å². The Morgan fingerprint density at radius 3 is 1.39 bits per heavy atom. The molecule has 4 rings (SSSR count). The molecule has 472 valence electrons. The number of cyclic esters (lactones) is 1. The third-order valence-corrected chi connectivity index (χ3v) is 17.5. The molecule has 0 spiro atoms. The number of ether oxygens (including phenoxy) is 1. The van der Waals surface area contributed by atoms with E-state index in [0.717, 1.165) is 4.90 Å². The predicted molar refractivity (Wildman–Crippen MR) is 317 cm³/mol. The van der Waals surface area contributed by atoms with Crippen molar-refractivity contribution in [2.45, 2.75) is 265 Å². The molecule has 0 aromatic heterocycles. The minimum absolute atomic E-state index is 0.0928. The number of hydrogen-bond donors (Lipinski definition) is 3. The zero-order valence-electron chi connectivity index (χ0n) is 53.3. The summed E-state index contributed by atoms with van der Waals surface area (Å²) in [5, 5.41) is 17.4. The molecule has 21 nitrogen and oxygen atoms in total. The molecule has 21 heteroatoms. The molecule has 0 aromatic carbocycles. The Bertz CT molecular complexity index is 2220. The first-order valence-electron chi connectivity index (χ1n) is 31.5. The van der Waals surface area contributed by atoms with Gasteiger partial charge in [0.05, 0.1) is 6.10 Å². The van der Waals surface area contributed by atoms with Crippen LogP contribution < -0.4 is 10.6 Å². The summed E-state index contributed by atoms with van der Waals surface area (Å²) in [5.41, 5.74) is 0. The van der Waals surface area contributed by atoms with Gasteiger partial charge >= 0.3 is 5.97 Å². The van der Waals surface area contributed by atoms with Crippen LogP contribution in [-0.4, -0.2) is 213 Å². The molecule has 0 bridgehead atoms. The second kappa shape index (κ2) is 32.8. The summed E-state index contributed by atoms with van der Waals surface area (Å²) in [6.07, 6.45) is 4.98. The molecule has 83 heavy (non-hydrogen) atoms. The smallest absolute Gasteiger partial charge is 0.329 e. The van der Waals surface area contributed by atoms with Crippen molar-refractivity contribution in [2.24, 2.45) is 23.7 Å². The lowest BCUT2D eigenvalue weighted by atomic mass is 9.95. The molecule has 4 aliphatic rings. The second-order valence-electron chi connectivity index (χ2n) is 26.0. The van der Waals surface area contributed by atoms with Crippen LogP contribution in [0.25, 0.3) is 0 Å². The van der Waals surface area contributed by atoms with Crippen LogP contribution in [0.3, 0.4) is 0 Å². The Balaban J connectivity index is 1.91. The normalized spacial score (nSPS) is 28.7. The molecule has 11 atom stereocenters. The van der Waals surface area contributed by atoms with Gasteiger partial charge in [0.15, 0.2) is 6.10 Å². The summed E-state index contributed by atoms with van der Waals surface area (Å²) in [6, 6.07) is -10.2. The van der Waals surface area contributed by atoms with E-state index >= 15 is 14.4 Å². The van der Waals surface area contributed by atoms with Gasteiger partial charge in [0.25, 0.3) is 5.91 Å². The van der Waals surface area contributed by atoms with Crippen molar-refractivity contribution in [3.8, 4) is 0 Å². The molecule has 4 fully saturated rings. The zero-order chi connectivity index (χ0) is 62.2. The van der Waals surface area contributed by atoms with Crippen LogP contribution in [0.5, 0.6) is 0 Å². The highest BCUT2D eigenvalue weighted by molar-refractivity contribution is 5.99. The average Bonchev–Trinajstić information content (AvgIpc) is 3.64. The molecule has 0 radical (unpaired) electrons. The molecular weight excluding hydrogens is 1060 g/mol. The first-order valence-corrected chi connectivity index (χ1v) is 31.5. The molecule has 4 aliphatic heterocycles. The van der Waals surface area contributed by atoms with Crippen molar-refractivity contribution in [1.82, 2.24) is 44.9 Å². The first-order chi connectivity index (χ1) is 39.0. The molecule has 0 aliphatic carbocycles. The fourth-order valence-corrected chi connectivity index (χ4v) is 12.3. The Morgan fingerprint density at radius 2 is 0.892 bits per heavy atom. The first kappa shape index (κ1) is 70.1. The van der Waals surface area contributed by atoms with Crippen LogP contribution in [0, 0.1) is 23.7 Å². The molecule has 0 aromatic rings. The monoisotopic (exact) mass is 1170 g/mol. The van der Waals surface area contributed by atoms with Crippen LogP contribution in [0.15, 0.2) is 0 Å². The van der Waals surface area contributed by atoms with Crippen molar-refractivity contribution >= 4 is 59.1 Å². The van der Waals surface area contributed by atoms with Gasteiger partial charge < -0.3 is 54.8 Å². The number of aliphatic hydroxyl groups is 1. The number of aliphatic hydroxyl groups excluding tert-OH is 1. The zero-order valence-corrected chi connectivity index (χ0v) is 53.3. The van der Waals surface area contributed by atoms with Gasteiger partial charge in [-0.05, 0) is 153 Å². The fraction of sp³-hybridized carbons (Fsp3) is 0.839. The van der Waals surface area contributed by atoms with Crippen LogP contribution >= 0.6 is 0 Å². The van der Waals surface area contributed by atoms with E-state index in [-0.39, 0.29) is 88.3 Å². The van der Waals surface area contributed by atoms with Crippen LogP contribution in [0.4, 0.5) is 0 Å². The third kappa shape index (κ3) is 18.8. The van der Waals surface area contributed by atoms with Crippen LogP contribution in [0.1, 0.15) is 198 Å². The van der Waals surface area contributed by atoms with E-state index in [1.807, 2.05) is 62.3 Å². The Hall–Kier alpha value is -5.34. The van der Waals surface area contributed by atoms with Crippen molar-refractivity contribution in [3.63, 3.8) is 0 Å². The summed E-state index contributed by atoms with van der Waals surface area (Å²) in [4.78, 5) is 158. The van der Waals surface area contributed by atoms with Gasteiger partial charge in [0.1, 0.15) is 54.4 Å². The van der Waals surface area contributed by atoms with Gasteiger partial charge in [-0.1, -0.05) is 68.7 Å². The number of likely N-dealkylation sites (N-methyl/N-ethyl adjacent to an activating group) is 4. The van der Waals surface area contributed by atoms with Gasteiger partial charge in [-0.3, -0.25) is 43.2 Å². The van der Waals surface area contributed by atoms with Crippen molar-refractivity contribution in [2.75, 3.05) is 47.8 Å². The Labute approximate surface area is 496 Å². The van der Waals surface area contributed by atoms with E-state index < -0.39 is 126 Å². The predicted octanol–water partition coefficient (Wildman–Crippen LogP) is 5.28. The lowest BCUT2D eigenvalue weighted by Gasteiger charge is -2.43. The molecular formula is C62H107N9O12. The number of nitrogens with one attached hydrogen (secondary N) is 2. The Morgan fingerprint density at radius 1 is 0.458 bits per heavy atom. The molecule has 9 amide bonds. The number of piperidine rings is 3. The number of esters is 1. The lowest BCUT2D eigenvalue weighted by Crippen LogP contribution is -2.64.